The number of aryl methyl sites for hydroxylation is 2. The van der Waals surface area contributed by atoms with Gasteiger partial charge in [0.2, 0.25) is 0 Å². The van der Waals surface area contributed by atoms with E-state index >= 15 is 0 Å². The predicted octanol–water partition coefficient (Wildman–Crippen LogP) is 16.9. The zero-order chi connectivity index (χ0) is 42.9. The monoisotopic (exact) mass is 821 g/mol. The molecule has 1 atom stereocenters. The van der Waals surface area contributed by atoms with Gasteiger partial charge in [0.15, 0.2) is 0 Å². The third-order valence-corrected chi connectivity index (χ3v) is 13.1. The van der Waals surface area contributed by atoms with Gasteiger partial charge in [-0.2, -0.15) is 0 Å². The SMILES string of the molecule is C=C/C=C(\C=C)c1ccc(C2=NC(CCC)(c3ccccc3)/C=C(c3ccc(CCC)c(-c4ccccc4C)c3)/C=C(c3ccc4sc5ccccc5c4c3)\C=C\C/C=C\2)cc1. The predicted molar refractivity (Wildman–Crippen MR) is 273 cm³/mol. The zero-order valence-electron chi connectivity index (χ0n) is 36.3. The summed E-state index contributed by atoms with van der Waals surface area (Å²) >= 11 is 1.86. The number of aliphatic imine (C=N–C) groups is 1. The van der Waals surface area contributed by atoms with E-state index in [9.17, 15) is 0 Å². The smallest absolute Gasteiger partial charge is 0.105 e. The largest absolute Gasteiger partial charge is 0.269 e. The van der Waals surface area contributed by atoms with Crippen LogP contribution in [0.15, 0.2) is 212 Å². The standard InChI is InChI=1S/C60H55NS/c1-6-20-44(9-4)45-30-33-47(34-31-45)57-28-15-10-12-23-48(49-36-37-59-56(41-49)54-27-18-19-29-58(54)62-59)39-51(42-60(61-57,38-8-3)52-24-13-11-14-25-52)50-35-32-46(21-7-2)55(40-50)53-26-17-16-22-43(53)5/h6,9,11-20,22-37,39-42H,1,4,7-8,10,21,38H2,2-3,5H3/b23-12+,28-15-,44-20+,48-39+,51-42-,61-57?. The molecular formula is C60H55NS. The molecule has 1 aromatic heterocycles. The molecule has 2 heteroatoms. The van der Waals surface area contributed by atoms with Gasteiger partial charge in [-0.3, -0.25) is 4.99 Å². The van der Waals surface area contributed by atoms with Crippen LogP contribution in [0.5, 0.6) is 0 Å². The van der Waals surface area contributed by atoms with E-state index in [1.807, 2.05) is 29.6 Å². The van der Waals surface area contributed by atoms with Crippen molar-refractivity contribution in [1.82, 2.24) is 0 Å². The molecule has 0 spiro atoms. The maximum atomic E-state index is 5.94. The summed E-state index contributed by atoms with van der Waals surface area (Å²) in [6, 6.07) is 51.4. The first-order valence-corrected chi connectivity index (χ1v) is 22.8. The molecule has 6 aromatic carbocycles. The molecule has 1 nitrogen and oxygen atoms in total. The van der Waals surface area contributed by atoms with Crippen molar-refractivity contribution in [2.45, 2.75) is 58.4 Å². The summed E-state index contributed by atoms with van der Waals surface area (Å²) in [5.41, 5.74) is 14.5. The van der Waals surface area contributed by atoms with Crippen molar-refractivity contribution in [1.29, 1.82) is 0 Å². The zero-order valence-corrected chi connectivity index (χ0v) is 37.1. The molecular weight excluding hydrogens is 767 g/mol. The Hall–Kier alpha value is -6.61. The van der Waals surface area contributed by atoms with Gasteiger partial charge in [-0.05, 0) is 135 Å². The second-order valence-electron chi connectivity index (χ2n) is 16.2. The highest BCUT2D eigenvalue weighted by atomic mass is 32.1. The molecule has 0 aliphatic carbocycles. The Balaban J connectivity index is 1.42. The molecule has 0 fully saturated rings. The quantitative estimate of drug-likeness (QED) is 0.109. The van der Waals surface area contributed by atoms with Gasteiger partial charge in [0.05, 0.1) is 5.71 Å². The van der Waals surface area contributed by atoms with Gasteiger partial charge in [-0.1, -0.05) is 192 Å². The van der Waals surface area contributed by atoms with Gasteiger partial charge in [0, 0.05) is 20.2 Å². The summed E-state index contributed by atoms with van der Waals surface area (Å²) in [5.74, 6) is 0. The van der Waals surface area contributed by atoms with Gasteiger partial charge in [-0.15, -0.1) is 11.3 Å². The Morgan fingerprint density at radius 3 is 2.16 bits per heavy atom. The van der Waals surface area contributed by atoms with Crippen LogP contribution in [-0.2, 0) is 12.0 Å². The highest BCUT2D eigenvalue weighted by molar-refractivity contribution is 7.25. The van der Waals surface area contributed by atoms with Crippen LogP contribution in [0.2, 0.25) is 0 Å². The van der Waals surface area contributed by atoms with Crippen LogP contribution in [0.25, 0.3) is 48.0 Å². The van der Waals surface area contributed by atoms with Crippen molar-refractivity contribution in [2.24, 2.45) is 4.99 Å². The topological polar surface area (TPSA) is 12.4 Å². The number of nitrogens with zero attached hydrogens (tertiary/aromatic N) is 1. The van der Waals surface area contributed by atoms with Crippen LogP contribution < -0.4 is 0 Å². The average molecular weight is 822 g/mol. The van der Waals surface area contributed by atoms with E-state index in [-0.39, 0.29) is 0 Å². The van der Waals surface area contributed by atoms with E-state index in [1.165, 1.54) is 64.7 Å². The highest BCUT2D eigenvalue weighted by Gasteiger charge is 2.30. The first-order chi connectivity index (χ1) is 30.4. The molecule has 0 radical (unpaired) electrons. The highest BCUT2D eigenvalue weighted by Crippen LogP contribution is 2.41. The molecule has 2 heterocycles. The van der Waals surface area contributed by atoms with Crippen LogP contribution in [0.4, 0.5) is 0 Å². The number of thiophene rings is 1. The fourth-order valence-corrected chi connectivity index (χ4v) is 9.89. The average Bonchev–Trinajstić information content (AvgIpc) is 3.68. The number of allylic oxidation sites excluding steroid dienone is 11. The normalized spacial score (nSPS) is 18.7. The second-order valence-corrected chi connectivity index (χ2v) is 17.2. The molecule has 1 aliphatic rings. The molecule has 1 aliphatic heterocycles. The Bertz CT molecular complexity index is 2930. The van der Waals surface area contributed by atoms with Crippen LogP contribution in [-0.4, -0.2) is 5.71 Å². The molecule has 1 unspecified atom stereocenters. The van der Waals surface area contributed by atoms with Crippen molar-refractivity contribution in [3.8, 4) is 11.1 Å². The van der Waals surface area contributed by atoms with Crippen molar-refractivity contribution < 1.29 is 0 Å². The van der Waals surface area contributed by atoms with E-state index in [1.54, 1.807) is 0 Å². The summed E-state index contributed by atoms with van der Waals surface area (Å²) in [6.07, 6.45) is 24.3. The molecule has 0 bridgehead atoms. The fourth-order valence-electron chi connectivity index (χ4n) is 8.80. The minimum absolute atomic E-state index is 0.693. The van der Waals surface area contributed by atoms with Crippen molar-refractivity contribution in [3.63, 3.8) is 0 Å². The van der Waals surface area contributed by atoms with Crippen molar-refractivity contribution in [3.05, 3.63) is 246 Å². The van der Waals surface area contributed by atoms with Gasteiger partial charge in [0.25, 0.3) is 0 Å². The summed E-state index contributed by atoms with van der Waals surface area (Å²) < 4.78 is 2.62. The molecule has 7 aromatic rings. The Labute approximate surface area is 372 Å². The van der Waals surface area contributed by atoms with Crippen molar-refractivity contribution in [2.75, 3.05) is 0 Å². The lowest BCUT2D eigenvalue weighted by atomic mass is 9.81. The van der Waals surface area contributed by atoms with E-state index in [0.717, 1.165) is 60.1 Å². The Morgan fingerprint density at radius 2 is 1.39 bits per heavy atom. The summed E-state index contributed by atoms with van der Waals surface area (Å²) in [4.78, 5) is 5.94. The van der Waals surface area contributed by atoms with Gasteiger partial charge < -0.3 is 0 Å². The van der Waals surface area contributed by atoms with E-state index in [4.69, 9.17) is 4.99 Å². The first-order valence-electron chi connectivity index (χ1n) is 22.0. The molecule has 0 saturated heterocycles. The minimum Gasteiger partial charge on any atom is -0.269 e. The Morgan fingerprint density at radius 1 is 0.677 bits per heavy atom. The van der Waals surface area contributed by atoms with Gasteiger partial charge >= 0.3 is 0 Å². The van der Waals surface area contributed by atoms with Crippen molar-refractivity contribution >= 4 is 53.9 Å². The third kappa shape index (κ3) is 9.03. The number of benzene rings is 6. The number of fused-ring (bicyclic) bond motifs is 3. The molecule has 0 amide bonds. The van der Waals surface area contributed by atoms with E-state index in [2.05, 4.69) is 210 Å². The molecule has 0 saturated carbocycles. The maximum absolute atomic E-state index is 5.94. The van der Waals surface area contributed by atoms with E-state index in [0.29, 0.717) is 0 Å². The molecule has 0 N–H and O–H groups in total. The van der Waals surface area contributed by atoms with Crippen LogP contribution in [0.3, 0.4) is 0 Å². The minimum atomic E-state index is -0.693. The third-order valence-electron chi connectivity index (χ3n) is 11.9. The lowest BCUT2D eigenvalue weighted by Gasteiger charge is -2.30. The lowest BCUT2D eigenvalue weighted by molar-refractivity contribution is 0.509. The molecule has 62 heavy (non-hydrogen) atoms. The lowest BCUT2D eigenvalue weighted by Crippen LogP contribution is -2.24. The first kappa shape index (κ1) is 42.1. The number of hydrogen-bond acceptors (Lipinski definition) is 2. The summed E-state index contributed by atoms with van der Waals surface area (Å²) in [6.45, 7) is 14.7. The fraction of sp³-hybridized carbons (Fsp3) is 0.150. The van der Waals surface area contributed by atoms with Crippen LogP contribution in [0.1, 0.15) is 78.5 Å². The second kappa shape index (κ2) is 19.4. The molecule has 306 valence electrons. The summed E-state index contributed by atoms with van der Waals surface area (Å²) in [5, 5.41) is 2.60. The molecule has 8 rings (SSSR count). The van der Waals surface area contributed by atoms with Gasteiger partial charge in [0.1, 0.15) is 5.54 Å². The van der Waals surface area contributed by atoms with E-state index < -0.39 is 5.54 Å². The number of hydrogen-bond donors (Lipinski definition) is 0. The maximum Gasteiger partial charge on any atom is 0.105 e. The van der Waals surface area contributed by atoms with Crippen LogP contribution >= 0.6 is 11.3 Å². The van der Waals surface area contributed by atoms with Gasteiger partial charge in [-0.25, -0.2) is 0 Å². The Kier molecular flexibility index (Phi) is 13.2. The number of rotatable bonds is 12. The summed E-state index contributed by atoms with van der Waals surface area (Å²) in [7, 11) is 0. The van der Waals surface area contributed by atoms with Crippen LogP contribution in [0, 0.1) is 6.92 Å².